The van der Waals surface area contributed by atoms with Crippen LogP contribution in [0.3, 0.4) is 0 Å². The zero-order valence-electron chi connectivity index (χ0n) is 9.03. The molecular weight excluding hydrogens is 222 g/mol. The van der Waals surface area contributed by atoms with Crippen LogP contribution in [0.25, 0.3) is 0 Å². The van der Waals surface area contributed by atoms with Crippen molar-refractivity contribution >= 4 is 23.6 Å². The molecule has 2 nitrogen and oxygen atoms in total. The molecule has 0 aliphatic heterocycles. The van der Waals surface area contributed by atoms with Gasteiger partial charge < -0.3 is 4.90 Å². The molecule has 0 unspecified atom stereocenters. The molecule has 1 saturated carbocycles. The number of hydrogen-bond acceptors (Lipinski definition) is 2. The monoisotopic (exact) mass is 235 g/mol. The normalized spacial score (nSPS) is 14.6. The zero-order chi connectivity index (χ0) is 11.5. The van der Waals surface area contributed by atoms with Crippen LogP contribution in [0.15, 0.2) is 30.9 Å². The largest absolute Gasteiger partial charge is 0.363 e. The molecule has 2 rings (SSSR count). The minimum Gasteiger partial charge on any atom is -0.363 e. The molecule has 1 aromatic rings. The van der Waals surface area contributed by atoms with Gasteiger partial charge in [-0.15, -0.1) is 6.58 Å². The average molecular weight is 236 g/mol. The van der Waals surface area contributed by atoms with Crippen molar-refractivity contribution in [3.63, 3.8) is 0 Å². The molecule has 0 N–H and O–H groups in total. The van der Waals surface area contributed by atoms with Gasteiger partial charge in [-0.3, -0.25) is 4.79 Å². The maximum absolute atomic E-state index is 11.0. The molecule has 1 aliphatic rings. The van der Waals surface area contributed by atoms with E-state index in [0.717, 1.165) is 31.4 Å². The standard InChI is InChI=1S/C13H14ClNO/c1-2-8-15(11-6-7-11)13-10(9-16)4-3-5-12(13)14/h2-5,9,11H,1,6-8H2. The summed E-state index contributed by atoms with van der Waals surface area (Å²) in [6, 6.07) is 5.93. The van der Waals surface area contributed by atoms with Gasteiger partial charge in [-0.25, -0.2) is 0 Å². The third kappa shape index (κ3) is 2.12. The Morgan fingerprint density at radius 3 is 2.81 bits per heavy atom. The van der Waals surface area contributed by atoms with Gasteiger partial charge >= 0.3 is 0 Å². The molecule has 0 bridgehead atoms. The van der Waals surface area contributed by atoms with Crippen LogP contribution >= 0.6 is 11.6 Å². The van der Waals surface area contributed by atoms with Crippen LogP contribution in [0.4, 0.5) is 5.69 Å². The van der Waals surface area contributed by atoms with Gasteiger partial charge in [-0.2, -0.15) is 0 Å². The first-order valence-electron chi connectivity index (χ1n) is 5.39. The molecule has 0 radical (unpaired) electrons. The second-order valence-corrected chi connectivity index (χ2v) is 4.37. The quantitative estimate of drug-likeness (QED) is 0.577. The number of para-hydroxylation sites is 1. The highest BCUT2D eigenvalue weighted by Crippen LogP contribution is 2.37. The molecule has 84 valence electrons. The summed E-state index contributed by atoms with van der Waals surface area (Å²) in [5.41, 5.74) is 1.50. The van der Waals surface area contributed by atoms with E-state index in [4.69, 9.17) is 11.6 Å². The summed E-state index contributed by atoms with van der Waals surface area (Å²) in [4.78, 5) is 13.2. The second kappa shape index (κ2) is 4.71. The summed E-state index contributed by atoms with van der Waals surface area (Å²) < 4.78 is 0. The Hall–Kier alpha value is -1.28. The van der Waals surface area contributed by atoms with Crippen LogP contribution in [0.1, 0.15) is 23.2 Å². The zero-order valence-corrected chi connectivity index (χ0v) is 9.78. The number of carbonyl (C=O) groups is 1. The van der Waals surface area contributed by atoms with E-state index in [-0.39, 0.29) is 0 Å². The summed E-state index contributed by atoms with van der Waals surface area (Å²) in [7, 11) is 0. The van der Waals surface area contributed by atoms with Gasteiger partial charge in [0.2, 0.25) is 0 Å². The highest BCUT2D eigenvalue weighted by Gasteiger charge is 2.30. The lowest BCUT2D eigenvalue weighted by Gasteiger charge is -2.25. The molecule has 1 fully saturated rings. The van der Waals surface area contributed by atoms with E-state index < -0.39 is 0 Å². The molecule has 3 heteroatoms. The number of nitrogens with zero attached hydrogens (tertiary/aromatic N) is 1. The lowest BCUT2D eigenvalue weighted by Crippen LogP contribution is -2.27. The Balaban J connectivity index is 2.41. The second-order valence-electron chi connectivity index (χ2n) is 3.97. The van der Waals surface area contributed by atoms with Gasteiger partial charge in [-0.05, 0) is 25.0 Å². The van der Waals surface area contributed by atoms with Gasteiger partial charge in [0.1, 0.15) is 0 Å². The van der Waals surface area contributed by atoms with Crippen molar-refractivity contribution < 1.29 is 4.79 Å². The fourth-order valence-corrected chi connectivity index (χ4v) is 2.17. The third-order valence-corrected chi connectivity index (χ3v) is 3.05. The van der Waals surface area contributed by atoms with E-state index in [2.05, 4.69) is 11.5 Å². The van der Waals surface area contributed by atoms with Gasteiger partial charge in [0.15, 0.2) is 6.29 Å². The minimum absolute atomic E-state index is 0.511. The van der Waals surface area contributed by atoms with Gasteiger partial charge in [-0.1, -0.05) is 23.7 Å². The first kappa shape index (κ1) is 11.2. The van der Waals surface area contributed by atoms with E-state index in [1.165, 1.54) is 0 Å². The molecule has 0 amide bonds. The van der Waals surface area contributed by atoms with Gasteiger partial charge in [0.25, 0.3) is 0 Å². The van der Waals surface area contributed by atoms with Crippen LogP contribution in [0.2, 0.25) is 5.02 Å². The Bertz CT molecular complexity index is 412. The van der Waals surface area contributed by atoms with Crippen LogP contribution in [-0.2, 0) is 0 Å². The number of anilines is 1. The molecule has 0 saturated heterocycles. The van der Waals surface area contributed by atoms with Crippen LogP contribution in [-0.4, -0.2) is 18.9 Å². The predicted octanol–water partition coefficient (Wildman–Crippen LogP) is 3.31. The number of benzene rings is 1. The lowest BCUT2D eigenvalue weighted by atomic mass is 10.1. The average Bonchev–Trinajstić information content (AvgIpc) is 3.10. The van der Waals surface area contributed by atoms with Crippen molar-refractivity contribution in [2.45, 2.75) is 18.9 Å². The van der Waals surface area contributed by atoms with Crippen molar-refractivity contribution in [2.75, 3.05) is 11.4 Å². The van der Waals surface area contributed by atoms with E-state index in [0.29, 0.717) is 16.6 Å². The lowest BCUT2D eigenvalue weighted by molar-refractivity contribution is 0.112. The maximum Gasteiger partial charge on any atom is 0.152 e. The van der Waals surface area contributed by atoms with Gasteiger partial charge in [0, 0.05) is 18.2 Å². The molecule has 1 aliphatic carbocycles. The third-order valence-electron chi connectivity index (χ3n) is 2.75. The summed E-state index contributed by atoms with van der Waals surface area (Å²) >= 11 is 6.18. The van der Waals surface area contributed by atoms with Crippen molar-refractivity contribution in [2.24, 2.45) is 0 Å². The maximum atomic E-state index is 11.0. The van der Waals surface area contributed by atoms with E-state index in [9.17, 15) is 4.79 Å². The van der Waals surface area contributed by atoms with E-state index in [1.54, 1.807) is 12.1 Å². The summed E-state index contributed by atoms with van der Waals surface area (Å²) in [6.45, 7) is 4.48. The van der Waals surface area contributed by atoms with E-state index in [1.807, 2.05) is 12.1 Å². The molecule has 16 heavy (non-hydrogen) atoms. The molecule has 0 spiro atoms. The number of aldehydes is 1. The summed E-state index contributed by atoms with van der Waals surface area (Å²) in [5.74, 6) is 0. The predicted molar refractivity (Wildman–Crippen MR) is 67.4 cm³/mol. The fraction of sp³-hybridized carbons (Fsp3) is 0.308. The molecule has 0 atom stereocenters. The highest BCUT2D eigenvalue weighted by molar-refractivity contribution is 6.34. The van der Waals surface area contributed by atoms with Crippen molar-refractivity contribution in [1.29, 1.82) is 0 Å². The highest BCUT2D eigenvalue weighted by atomic mass is 35.5. The van der Waals surface area contributed by atoms with Crippen molar-refractivity contribution in [3.8, 4) is 0 Å². The topological polar surface area (TPSA) is 20.3 Å². The van der Waals surface area contributed by atoms with Crippen LogP contribution < -0.4 is 4.90 Å². The number of carbonyl (C=O) groups excluding carboxylic acids is 1. The minimum atomic E-state index is 0.511. The molecule has 0 heterocycles. The first-order valence-corrected chi connectivity index (χ1v) is 5.77. The molecule has 1 aromatic carbocycles. The Kier molecular flexibility index (Phi) is 3.30. The molecular formula is C13H14ClNO. The van der Waals surface area contributed by atoms with Crippen molar-refractivity contribution in [1.82, 2.24) is 0 Å². The van der Waals surface area contributed by atoms with Crippen LogP contribution in [0, 0.1) is 0 Å². The summed E-state index contributed by atoms with van der Waals surface area (Å²) in [6.07, 6.45) is 5.03. The number of hydrogen-bond donors (Lipinski definition) is 0. The summed E-state index contributed by atoms with van der Waals surface area (Å²) in [5, 5.41) is 0.637. The molecule has 0 aromatic heterocycles. The Labute approximate surface area is 101 Å². The SMILES string of the molecule is C=CCN(c1c(Cl)cccc1C=O)C1CC1. The van der Waals surface area contributed by atoms with Gasteiger partial charge in [0.05, 0.1) is 10.7 Å². The van der Waals surface area contributed by atoms with Crippen LogP contribution in [0.5, 0.6) is 0 Å². The van der Waals surface area contributed by atoms with E-state index >= 15 is 0 Å². The van der Waals surface area contributed by atoms with Crippen molar-refractivity contribution in [3.05, 3.63) is 41.4 Å². The fourth-order valence-electron chi connectivity index (χ4n) is 1.88. The first-order chi connectivity index (χ1) is 7.77. The Morgan fingerprint density at radius 2 is 2.25 bits per heavy atom. The Morgan fingerprint density at radius 1 is 1.50 bits per heavy atom. The number of rotatable bonds is 5. The number of halogens is 1. The smallest absolute Gasteiger partial charge is 0.152 e.